The number of hydrogen-bond acceptors (Lipinski definition) is 3. The van der Waals surface area contributed by atoms with Crippen LogP contribution in [0.15, 0.2) is 65.8 Å². The van der Waals surface area contributed by atoms with E-state index in [9.17, 15) is 0 Å². The molecule has 0 aliphatic heterocycles. The molecule has 0 spiro atoms. The van der Waals surface area contributed by atoms with Crippen molar-refractivity contribution in [2.45, 2.75) is 39.7 Å². The Balaban J connectivity index is 0.00000324. The molecule has 4 rings (SSSR count). The highest BCUT2D eigenvalue weighted by atomic mass is 127. The van der Waals surface area contributed by atoms with Gasteiger partial charge in [-0.1, -0.05) is 30.3 Å². The number of rotatable bonds is 9. The maximum Gasteiger partial charge on any atom is 0.190 e. The summed E-state index contributed by atoms with van der Waals surface area (Å²) in [5, 5.41) is 11.5. The predicted molar refractivity (Wildman–Crippen MR) is 150 cm³/mol. The molecule has 0 radical (unpaired) electrons. The Bertz CT molecular complexity index is 1210. The molecule has 0 aliphatic rings. The summed E-state index contributed by atoms with van der Waals surface area (Å²) in [7, 11) is 1.82. The fourth-order valence-corrected chi connectivity index (χ4v) is 4.08. The van der Waals surface area contributed by atoms with Gasteiger partial charge in [-0.15, -0.1) is 24.0 Å². The number of halogens is 1. The quantitative estimate of drug-likeness (QED) is 0.133. The number of aromatic nitrogens is 4. The van der Waals surface area contributed by atoms with Crippen LogP contribution in [-0.2, 0) is 13.0 Å². The first-order valence-corrected chi connectivity index (χ1v) is 11.6. The molecule has 0 atom stereocenters. The van der Waals surface area contributed by atoms with E-state index in [1.165, 1.54) is 11.1 Å². The topological polar surface area (TPSA) is 72.1 Å². The second-order valence-electron chi connectivity index (χ2n) is 8.20. The molecule has 4 aromatic rings. The zero-order valence-corrected chi connectivity index (χ0v) is 22.5. The van der Waals surface area contributed by atoms with Crippen LogP contribution in [0.4, 0.5) is 0 Å². The lowest BCUT2D eigenvalue weighted by Crippen LogP contribution is -2.38. The molecular weight excluding hydrogens is 537 g/mol. The van der Waals surface area contributed by atoms with E-state index in [4.69, 9.17) is 0 Å². The van der Waals surface area contributed by atoms with Crippen LogP contribution in [-0.4, -0.2) is 45.4 Å². The van der Waals surface area contributed by atoms with Crippen LogP contribution >= 0.6 is 24.0 Å². The summed E-state index contributed by atoms with van der Waals surface area (Å²) < 4.78 is 4.24. The van der Waals surface area contributed by atoms with Crippen molar-refractivity contribution in [2.75, 3.05) is 20.1 Å². The van der Waals surface area contributed by atoms with E-state index in [0.29, 0.717) is 0 Å². The number of hydrogen-bond donors (Lipinski definition) is 2. The van der Waals surface area contributed by atoms with E-state index >= 15 is 0 Å². The van der Waals surface area contributed by atoms with E-state index in [-0.39, 0.29) is 24.0 Å². The summed E-state index contributed by atoms with van der Waals surface area (Å²) in [6, 6.07) is 18.5. The molecule has 2 N–H and O–H groups in total. The van der Waals surface area contributed by atoms with Crippen LogP contribution in [0.3, 0.4) is 0 Å². The van der Waals surface area contributed by atoms with Gasteiger partial charge in [0.25, 0.3) is 0 Å². The maximum absolute atomic E-state index is 4.66. The maximum atomic E-state index is 4.66. The van der Waals surface area contributed by atoms with Crippen molar-refractivity contribution in [1.82, 2.24) is 30.0 Å². The van der Waals surface area contributed by atoms with Gasteiger partial charge in [-0.2, -0.15) is 5.10 Å². The average molecular weight is 572 g/mol. The first-order chi connectivity index (χ1) is 16.2. The number of nitrogens with one attached hydrogen (secondary N) is 2. The molecule has 7 nitrogen and oxygen atoms in total. The molecule has 0 amide bonds. The Morgan fingerprint density at radius 1 is 0.941 bits per heavy atom. The van der Waals surface area contributed by atoms with Crippen LogP contribution in [0.25, 0.3) is 16.7 Å². The minimum atomic E-state index is 0. The number of fused-ring (bicyclic) bond motifs is 1. The Kier molecular flexibility index (Phi) is 9.50. The van der Waals surface area contributed by atoms with Gasteiger partial charge in [0.15, 0.2) is 5.96 Å². The molecule has 0 fully saturated rings. The molecule has 0 saturated heterocycles. The molecule has 8 heteroatoms. The number of imidazole rings is 1. The monoisotopic (exact) mass is 571 g/mol. The lowest BCUT2D eigenvalue weighted by atomic mass is 10.1. The number of nitrogens with zero attached hydrogens (tertiary/aromatic N) is 5. The lowest BCUT2D eigenvalue weighted by Gasteiger charge is -2.12. The summed E-state index contributed by atoms with van der Waals surface area (Å²) in [4.78, 5) is 9.00. The zero-order valence-electron chi connectivity index (χ0n) is 20.2. The molecule has 2 aromatic heterocycles. The predicted octanol–water partition coefficient (Wildman–Crippen LogP) is 4.64. The molecule has 0 unspecified atom stereocenters. The first kappa shape index (κ1) is 25.7. The highest BCUT2D eigenvalue weighted by Gasteiger charge is 2.08. The van der Waals surface area contributed by atoms with Crippen molar-refractivity contribution in [1.29, 1.82) is 0 Å². The summed E-state index contributed by atoms with van der Waals surface area (Å²) in [6.07, 6.45) is 5.14. The summed E-state index contributed by atoms with van der Waals surface area (Å²) in [5.41, 5.74) is 5.72. The van der Waals surface area contributed by atoms with Crippen LogP contribution in [0.5, 0.6) is 0 Å². The minimum Gasteiger partial charge on any atom is -0.356 e. The zero-order chi connectivity index (χ0) is 23.0. The van der Waals surface area contributed by atoms with Gasteiger partial charge >= 0.3 is 0 Å². The molecule has 0 saturated carbocycles. The van der Waals surface area contributed by atoms with E-state index in [1.54, 1.807) is 0 Å². The second-order valence-corrected chi connectivity index (χ2v) is 8.20. The Labute approximate surface area is 218 Å². The van der Waals surface area contributed by atoms with E-state index in [2.05, 4.69) is 80.7 Å². The van der Waals surface area contributed by atoms with Crippen molar-refractivity contribution in [3.8, 4) is 5.69 Å². The van der Waals surface area contributed by atoms with Crippen LogP contribution in [0.1, 0.15) is 29.9 Å². The minimum absolute atomic E-state index is 0. The van der Waals surface area contributed by atoms with E-state index < -0.39 is 0 Å². The van der Waals surface area contributed by atoms with E-state index in [0.717, 1.165) is 67.6 Å². The van der Waals surface area contributed by atoms with Gasteiger partial charge < -0.3 is 15.2 Å². The number of aliphatic imine (C=N–C) groups is 1. The molecule has 34 heavy (non-hydrogen) atoms. The number of para-hydroxylation sites is 3. The second kappa shape index (κ2) is 12.5. The van der Waals surface area contributed by atoms with Gasteiger partial charge in [0, 0.05) is 32.9 Å². The molecule has 0 aliphatic carbocycles. The average Bonchev–Trinajstić information content (AvgIpc) is 3.37. The summed E-state index contributed by atoms with van der Waals surface area (Å²) in [6.45, 7) is 6.80. The Morgan fingerprint density at radius 2 is 1.65 bits per heavy atom. The van der Waals surface area contributed by atoms with E-state index in [1.807, 2.05) is 36.0 Å². The number of aryl methyl sites for hydroxylation is 4. The third-order valence-corrected chi connectivity index (χ3v) is 5.86. The normalized spacial score (nSPS) is 11.4. The number of benzene rings is 2. The van der Waals surface area contributed by atoms with Gasteiger partial charge in [-0.25, -0.2) is 9.67 Å². The van der Waals surface area contributed by atoms with Crippen LogP contribution in [0.2, 0.25) is 0 Å². The summed E-state index contributed by atoms with van der Waals surface area (Å²) in [5.74, 6) is 1.91. The van der Waals surface area contributed by atoms with Crippen molar-refractivity contribution in [2.24, 2.45) is 4.99 Å². The summed E-state index contributed by atoms with van der Waals surface area (Å²) >= 11 is 0. The molecular formula is C26H34IN7. The van der Waals surface area contributed by atoms with Crippen LogP contribution in [0, 0.1) is 13.8 Å². The number of guanidine groups is 1. The largest absolute Gasteiger partial charge is 0.356 e. The van der Waals surface area contributed by atoms with Crippen molar-refractivity contribution < 1.29 is 0 Å². The molecule has 2 heterocycles. The van der Waals surface area contributed by atoms with Crippen molar-refractivity contribution in [3.63, 3.8) is 0 Å². The third kappa shape index (κ3) is 6.37. The fourth-order valence-electron chi connectivity index (χ4n) is 4.08. The van der Waals surface area contributed by atoms with Gasteiger partial charge in [0.05, 0.1) is 22.4 Å². The standard InChI is InChI=1S/C26H33N7.HI/c1-20-22(19-33(31-20)23-12-5-4-6-13-23)11-9-16-28-26(27-3)29-17-10-18-32-21(2)30-24-14-7-8-15-25(24)32;/h4-8,12-15,19H,9-11,16-18H2,1-3H3,(H2,27,28,29);1H. The van der Waals surface area contributed by atoms with Gasteiger partial charge in [0.2, 0.25) is 0 Å². The highest BCUT2D eigenvalue weighted by Crippen LogP contribution is 2.16. The Morgan fingerprint density at radius 3 is 2.41 bits per heavy atom. The molecule has 0 bridgehead atoms. The smallest absolute Gasteiger partial charge is 0.190 e. The highest BCUT2D eigenvalue weighted by molar-refractivity contribution is 14.0. The third-order valence-electron chi connectivity index (χ3n) is 5.86. The Hall–Kier alpha value is -2.88. The van der Waals surface area contributed by atoms with Gasteiger partial charge in [-0.05, 0) is 62.9 Å². The lowest BCUT2D eigenvalue weighted by molar-refractivity contribution is 0.623. The van der Waals surface area contributed by atoms with Crippen LogP contribution < -0.4 is 10.6 Å². The first-order valence-electron chi connectivity index (χ1n) is 11.6. The van der Waals surface area contributed by atoms with Crippen molar-refractivity contribution in [3.05, 3.63) is 77.9 Å². The molecule has 180 valence electrons. The van der Waals surface area contributed by atoms with Crippen molar-refractivity contribution >= 4 is 41.0 Å². The van der Waals surface area contributed by atoms with Gasteiger partial charge in [0.1, 0.15) is 5.82 Å². The van der Waals surface area contributed by atoms with Gasteiger partial charge in [-0.3, -0.25) is 4.99 Å². The fraction of sp³-hybridized carbons (Fsp3) is 0.346. The SMILES string of the molecule is CN=C(NCCCc1cn(-c2ccccc2)nc1C)NCCCn1c(C)nc2ccccc21.I. The molecule has 2 aromatic carbocycles.